The molecule has 2 aliphatic heterocycles. The van der Waals surface area contributed by atoms with E-state index in [1.54, 1.807) is 6.07 Å². The Hall–Kier alpha value is -1.43. The van der Waals surface area contributed by atoms with Crippen molar-refractivity contribution in [1.82, 2.24) is 10.2 Å². The van der Waals surface area contributed by atoms with Crippen LogP contribution in [0.3, 0.4) is 0 Å². The van der Waals surface area contributed by atoms with Crippen LogP contribution in [0.2, 0.25) is 0 Å². The molecule has 3 aliphatic rings. The van der Waals surface area contributed by atoms with Gasteiger partial charge < -0.3 is 20.1 Å². The smallest absolute Gasteiger partial charge is 0.335 e. The quantitative estimate of drug-likeness (QED) is 0.771. The first-order chi connectivity index (χ1) is 13.1. The highest BCUT2D eigenvalue weighted by Crippen LogP contribution is 2.37. The Kier molecular flexibility index (Phi) is 5.81. The van der Waals surface area contributed by atoms with Crippen molar-refractivity contribution in [2.75, 3.05) is 32.8 Å². The molecule has 0 radical (unpaired) electrons. The van der Waals surface area contributed by atoms with Crippen LogP contribution >= 0.6 is 0 Å². The summed E-state index contributed by atoms with van der Waals surface area (Å²) in [6.45, 7) is 5.15. The zero-order valence-corrected chi connectivity index (χ0v) is 16.2. The van der Waals surface area contributed by atoms with E-state index >= 15 is 0 Å². The van der Waals surface area contributed by atoms with Crippen molar-refractivity contribution in [3.8, 4) is 0 Å². The predicted molar refractivity (Wildman–Crippen MR) is 105 cm³/mol. The lowest BCUT2D eigenvalue weighted by atomic mass is 9.73. The molecular weight excluding hydrogens is 340 g/mol. The van der Waals surface area contributed by atoms with E-state index in [9.17, 15) is 9.90 Å². The minimum atomic E-state index is -0.837. The molecule has 5 nitrogen and oxygen atoms in total. The molecule has 0 spiro atoms. The summed E-state index contributed by atoms with van der Waals surface area (Å²) in [5.41, 5.74) is 1.80. The van der Waals surface area contributed by atoms with Crippen LogP contribution in [0.1, 0.15) is 54.4 Å². The summed E-state index contributed by atoms with van der Waals surface area (Å²) in [4.78, 5) is 14.0. The molecule has 2 heterocycles. The van der Waals surface area contributed by atoms with Crippen molar-refractivity contribution in [2.45, 2.75) is 57.0 Å². The van der Waals surface area contributed by atoms with Gasteiger partial charge >= 0.3 is 5.97 Å². The van der Waals surface area contributed by atoms with Crippen molar-refractivity contribution in [1.29, 1.82) is 0 Å². The Labute approximate surface area is 162 Å². The number of piperidine rings is 1. The second-order valence-electron chi connectivity index (χ2n) is 8.72. The van der Waals surface area contributed by atoms with Gasteiger partial charge in [-0.15, -0.1) is 0 Å². The maximum atomic E-state index is 11.3. The van der Waals surface area contributed by atoms with Gasteiger partial charge in [0.15, 0.2) is 0 Å². The molecule has 148 valence electrons. The van der Waals surface area contributed by atoms with Gasteiger partial charge in [0.2, 0.25) is 0 Å². The monoisotopic (exact) mass is 372 g/mol. The maximum Gasteiger partial charge on any atom is 0.335 e. The number of ether oxygens (including phenoxy) is 1. The molecule has 0 aromatic heterocycles. The highest BCUT2D eigenvalue weighted by Gasteiger charge is 2.38. The molecule has 0 amide bonds. The topological polar surface area (TPSA) is 61.8 Å². The van der Waals surface area contributed by atoms with Crippen LogP contribution in [0.5, 0.6) is 0 Å². The van der Waals surface area contributed by atoms with Crippen molar-refractivity contribution in [3.63, 3.8) is 0 Å². The largest absolute Gasteiger partial charge is 0.478 e. The zero-order chi connectivity index (χ0) is 18.7. The third-order valence-corrected chi connectivity index (χ3v) is 6.66. The van der Waals surface area contributed by atoms with Gasteiger partial charge in [0, 0.05) is 31.8 Å². The average molecular weight is 373 g/mol. The second-order valence-corrected chi connectivity index (χ2v) is 8.72. The van der Waals surface area contributed by atoms with Gasteiger partial charge in [0.1, 0.15) is 0 Å². The van der Waals surface area contributed by atoms with Crippen molar-refractivity contribution >= 4 is 5.97 Å². The van der Waals surface area contributed by atoms with Gasteiger partial charge in [0.25, 0.3) is 0 Å². The molecule has 4 rings (SSSR count). The molecule has 2 N–H and O–H groups in total. The van der Waals surface area contributed by atoms with E-state index in [1.165, 1.54) is 25.7 Å². The fourth-order valence-electron chi connectivity index (χ4n) is 4.73. The predicted octanol–water partition coefficient (Wildman–Crippen LogP) is 2.94. The fraction of sp³-hybridized carbons (Fsp3) is 0.682. The lowest BCUT2D eigenvalue weighted by molar-refractivity contribution is 0.00528. The first-order valence-corrected chi connectivity index (χ1v) is 10.5. The van der Waals surface area contributed by atoms with Gasteiger partial charge in [0.05, 0.1) is 5.56 Å². The summed E-state index contributed by atoms with van der Waals surface area (Å²) in [5, 5.41) is 13.1. The van der Waals surface area contributed by atoms with Crippen molar-refractivity contribution < 1.29 is 14.6 Å². The molecule has 0 bridgehead atoms. The minimum absolute atomic E-state index is 0.237. The molecule has 3 fully saturated rings. The normalized spacial score (nSPS) is 24.0. The van der Waals surface area contributed by atoms with E-state index in [0.29, 0.717) is 17.6 Å². The third-order valence-electron chi connectivity index (χ3n) is 6.66. The second kappa shape index (κ2) is 8.29. The molecule has 1 aromatic rings. The Morgan fingerprint density at radius 1 is 1.19 bits per heavy atom. The summed E-state index contributed by atoms with van der Waals surface area (Å²) in [7, 11) is 0. The molecule has 2 saturated heterocycles. The van der Waals surface area contributed by atoms with E-state index in [1.807, 2.05) is 12.1 Å². The fourth-order valence-corrected chi connectivity index (χ4v) is 4.73. The molecular formula is C22H32N2O3. The summed E-state index contributed by atoms with van der Waals surface area (Å²) < 4.78 is 5.53. The minimum Gasteiger partial charge on any atom is -0.478 e. The number of likely N-dealkylation sites (tertiary alicyclic amines) is 1. The van der Waals surface area contributed by atoms with E-state index in [4.69, 9.17) is 4.74 Å². The number of hydrogen-bond acceptors (Lipinski definition) is 4. The number of benzene rings is 1. The molecule has 5 heteroatoms. The lowest BCUT2D eigenvalue weighted by Crippen LogP contribution is -2.50. The van der Waals surface area contributed by atoms with Crippen molar-refractivity contribution in [3.05, 3.63) is 35.4 Å². The first kappa shape index (κ1) is 18.9. The Bertz CT molecular complexity index is 645. The van der Waals surface area contributed by atoms with E-state index in [0.717, 1.165) is 57.7 Å². The van der Waals surface area contributed by atoms with Gasteiger partial charge in [-0.1, -0.05) is 12.1 Å². The van der Waals surface area contributed by atoms with Gasteiger partial charge in [-0.05, 0) is 81.1 Å². The number of nitrogens with one attached hydrogen (secondary N) is 1. The van der Waals surface area contributed by atoms with Crippen LogP contribution in [0.4, 0.5) is 0 Å². The van der Waals surface area contributed by atoms with Crippen molar-refractivity contribution in [2.24, 2.45) is 5.41 Å². The number of carboxylic acid groups (broad SMARTS) is 1. The van der Waals surface area contributed by atoms with Gasteiger partial charge in [-0.3, -0.25) is 0 Å². The number of carboxylic acids is 1. The molecule has 1 saturated carbocycles. The molecule has 0 atom stereocenters. The molecule has 1 aromatic carbocycles. The number of aromatic carboxylic acids is 1. The summed E-state index contributed by atoms with van der Waals surface area (Å²) in [5.74, 6) is -0.837. The van der Waals surface area contributed by atoms with Crippen LogP contribution < -0.4 is 5.32 Å². The maximum absolute atomic E-state index is 11.3. The van der Waals surface area contributed by atoms with E-state index in [-0.39, 0.29) is 5.41 Å². The summed E-state index contributed by atoms with van der Waals surface area (Å²) in [6, 6.07) is 8.93. The van der Waals surface area contributed by atoms with Gasteiger partial charge in [-0.25, -0.2) is 4.79 Å². The van der Waals surface area contributed by atoms with Crippen LogP contribution in [0.15, 0.2) is 24.3 Å². The van der Waals surface area contributed by atoms with E-state index in [2.05, 4.69) is 16.3 Å². The van der Waals surface area contributed by atoms with Crippen LogP contribution in [-0.2, 0) is 11.2 Å². The number of nitrogens with zero attached hydrogens (tertiary/aromatic N) is 1. The lowest BCUT2D eigenvalue weighted by Gasteiger charge is -2.45. The molecule has 1 aliphatic carbocycles. The summed E-state index contributed by atoms with van der Waals surface area (Å²) in [6.07, 6.45) is 8.26. The number of rotatable bonds is 7. The highest BCUT2D eigenvalue weighted by atomic mass is 16.5. The molecule has 27 heavy (non-hydrogen) atoms. The first-order valence-electron chi connectivity index (χ1n) is 10.5. The van der Waals surface area contributed by atoms with Crippen LogP contribution in [-0.4, -0.2) is 60.9 Å². The van der Waals surface area contributed by atoms with Crippen LogP contribution in [0.25, 0.3) is 0 Å². The van der Waals surface area contributed by atoms with E-state index < -0.39 is 5.97 Å². The Balaban J connectivity index is 1.43. The Morgan fingerprint density at radius 3 is 2.59 bits per heavy atom. The number of carbonyl (C=O) groups is 1. The number of hydrogen-bond donors (Lipinski definition) is 2. The average Bonchev–Trinajstić information content (AvgIpc) is 3.53. The standard InChI is InChI=1S/C22H32N2O3/c25-21(26)18-3-1-2-17(14-18)15-22(16-23-19-4-5-19)8-10-24(11-9-22)20-6-12-27-13-7-20/h1-3,14,19-20,23H,4-13,15-16H2,(H,25,26). The SMILES string of the molecule is O=C(O)c1cccc(CC2(CNC3CC3)CCN(C3CCOCC3)CC2)c1. The highest BCUT2D eigenvalue weighted by molar-refractivity contribution is 5.87. The molecule has 0 unspecified atom stereocenters. The Morgan fingerprint density at radius 2 is 1.93 bits per heavy atom. The summed E-state index contributed by atoms with van der Waals surface area (Å²) >= 11 is 0. The zero-order valence-electron chi connectivity index (χ0n) is 16.2. The van der Waals surface area contributed by atoms with Crippen LogP contribution in [0, 0.1) is 5.41 Å². The third kappa shape index (κ3) is 4.89. The van der Waals surface area contributed by atoms with Gasteiger partial charge in [-0.2, -0.15) is 0 Å².